The summed E-state index contributed by atoms with van der Waals surface area (Å²) in [6.07, 6.45) is 27.0. The van der Waals surface area contributed by atoms with E-state index in [1.807, 2.05) is 6.08 Å². The van der Waals surface area contributed by atoms with E-state index in [1.54, 1.807) is 0 Å². The van der Waals surface area contributed by atoms with Crippen molar-refractivity contribution in [3.63, 3.8) is 0 Å². The van der Waals surface area contributed by atoms with Crippen LogP contribution in [0.5, 0.6) is 0 Å². The Bertz CT molecular complexity index is 392. The average molecular weight is 488 g/mol. The molecule has 0 aromatic carbocycles. The van der Waals surface area contributed by atoms with E-state index in [1.165, 1.54) is 115 Å². The lowest BCUT2D eigenvalue weighted by Gasteiger charge is -2.09. The molecule has 0 saturated carbocycles. The molecule has 0 fully saturated rings. The minimum Gasteiger partial charge on any atom is -0.463 e. The molecule has 0 radical (unpaired) electrons. The highest BCUT2D eigenvalue weighted by atomic mass is 79.9. The lowest BCUT2D eigenvalue weighted by Crippen LogP contribution is -2.04. The summed E-state index contributed by atoms with van der Waals surface area (Å²) in [5.41, 5.74) is 1.31. The number of hydrogen-bond acceptors (Lipinski definition) is 2. The molecule has 0 amide bonds. The molecular formula is C27H51BrO2. The van der Waals surface area contributed by atoms with Gasteiger partial charge in [0, 0.05) is 11.4 Å². The molecule has 0 heterocycles. The summed E-state index contributed by atoms with van der Waals surface area (Å²) in [5.74, 6) is -0.113. The molecule has 178 valence electrons. The number of alkyl halides is 1. The van der Waals surface area contributed by atoms with Crippen LogP contribution in [-0.4, -0.2) is 17.9 Å². The predicted molar refractivity (Wildman–Crippen MR) is 137 cm³/mol. The Morgan fingerprint density at radius 3 is 1.63 bits per heavy atom. The highest BCUT2D eigenvalue weighted by molar-refractivity contribution is 9.09. The molecule has 0 aliphatic heterocycles. The summed E-state index contributed by atoms with van der Waals surface area (Å²) in [7, 11) is 0. The smallest absolute Gasteiger partial charge is 0.330 e. The molecular weight excluding hydrogens is 436 g/mol. The molecule has 0 aromatic heterocycles. The topological polar surface area (TPSA) is 26.3 Å². The second-order valence-electron chi connectivity index (χ2n) is 8.82. The van der Waals surface area contributed by atoms with E-state index >= 15 is 0 Å². The second kappa shape index (κ2) is 25.0. The van der Waals surface area contributed by atoms with Gasteiger partial charge in [0.25, 0.3) is 0 Å². The summed E-state index contributed by atoms with van der Waals surface area (Å²) in [5, 5.41) is 1.12. The Labute approximate surface area is 197 Å². The van der Waals surface area contributed by atoms with E-state index in [2.05, 4.69) is 29.8 Å². The van der Waals surface area contributed by atoms with Crippen molar-refractivity contribution in [3.05, 3.63) is 11.6 Å². The Morgan fingerprint density at radius 1 is 0.633 bits per heavy atom. The first kappa shape index (κ1) is 29.7. The fraction of sp³-hybridized carbons (Fsp3) is 0.889. The zero-order valence-electron chi connectivity index (χ0n) is 20.3. The fourth-order valence-electron chi connectivity index (χ4n) is 3.82. The lowest BCUT2D eigenvalue weighted by molar-refractivity contribution is -0.137. The van der Waals surface area contributed by atoms with E-state index < -0.39 is 0 Å². The van der Waals surface area contributed by atoms with Gasteiger partial charge in [-0.25, -0.2) is 4.79 Å². The van der Waals surface area contributed by atoms with E-state index in [9.17, 15) is 4.79 Å². The molecule has 0 saturated heterocycles. The third-order valence-electron chi connectivity index (χ3n) is 5.80. The molecule has 0 unspecified atom stereocenters. The maximum Gasteiger partial charge on any atom is 0.330 e. The van der Waals surface area contributed by atoms with Crippen LogP contribution in [0.2, 0.25) is 0 Å². The number of carbonyl (C=O) groups is 1. The maximum atomic E-state index is 12.2. The predicted octanol–water partition coefficient (Wildman–Crippen LogP) is 9.69. The molecule has 0 N–H and O–H groups in total. The van der Waals surface area contributed by atoms with Gasteiger partial charge in [0.05, 0.1) is 6.61 Å². The number of allylic oxidation sites excluding steroid dienone is 1. The van der Waals surface area contributed by atoms with Crippen LogP contribution >= 0.6 is 15.9 Å². The SMILES string of the molecule is CCCCCCCCCC/C(=C\C(=O)OCCCCCCCCCBr)CCCCC. The van der Waals surface area contributed by atoms with Crippen LogP contribution in [0.25, 0.3) is 0 Å². The number of esters is 1. The first-order chi connectivity index (χ1) is 14.7. The quantitative estimate of drug-likeness (QED) is 0.0620. The molecule has 0 spiro atoms. The molecule has 3 heteroatoms. The Morgan fingerprint density at radius 2 is 1.07 bits per heavy atom. The first-order valence-corrected chi connectivity index (χ1v) is 14.3. The van der Waals surface area contributed by atoms with Gasteiger partial charge in [-0.2, -0.15) is 0 Å². The van der Waals surface area contributed by atoms with Crippen LogP contribution in [0, 0.1) is 0 Å². The highest BCUT2D eigenvalue weighted by Gasteiger charge is 2.04. The molecule has 0 aliphatic rings. The van der Waals surface area contributed by atoms with Gasteiger partial charge in [0.15, 0.2) is 0 Å². The van der Waals surface area contributed by atoms with Crippen LogP contribution in [0.3, 0.4) is 0 Å². The Hall–Kier alpha value is -0.310. The van der Waals surface area contributed by atoms with E-state index in [0.29, 0.717) is 6.61 Å². The van der Waals surface area contributed by atoms with Crippen molar-refractivity contribution in [1.29, 1.82) is 0 Å². The first-order valence-electron chi connectivity index (χ1n) is 13.2. The van der Waals surface area contributed by atoms with Crippen molar-refractivity contribution in [2.45, 2.75) is 142 Å². The largest absolute Gasteiger partial charge is 0.463 e. The number of hydrogen-bond donors (Lipinski definition) is 0. The summed E-state index contributed by atoms with van der Waals surface area (Å²) in [6, 6.07) is 0. The molecule has 0 aliphatic carbocycles. The zero-order chi connectivity index (χ0) is 22.1. The number of halogens is 1. The normalized spacial score (nSPS) is 11.8. The van der Waals surface area contributed by atoms with Gasteiger partial charge < -0.3 is 4.74 Å². The van der Waals surface area contributed by atoms with Gasteiger partial charge in [-0.3, -0.25) is 0 Å². The minimum absolute atomic E-state index is 0.113. The highest BCUT2D eigenvalue weighted by Crippen LogP contribution is 2.18. The lowest BCUT2D eigenvalue weighted by atomic mass is 10.00. The standard InChI is InChI=1S/C27H51BrO2/c1-3-5-7-8-9-11-14-18-22-26(21-17-6-4-2)25-27(29)30-24-20-16-13-10-12-15-19-23-28/h25H,3-24H2,1-2H3/b26-25-. The van der Waals surface area contributed by atoms with Gasteiger partial charge >= 0.3 is 5.97 Å². The van der Waals surface area contributed by atoms with Crippen LogP contribution < -0.4 is 0 Å². The maximum absolute atomic E-state index is 12.2. The summed E-state index contributed by atoms with van der Waals surface area (Å²) in [4.78, 5) is 12.2. The van der Waals surface area contributed by atoms with Gasteiger partial charge in [-0.05, 0) is 38.5 Å². The third-order valence-corrected chi connectivity index (χ3v) is 6.36. The zero-order valence-corrected chi connectivity index (χ0v) is 21.9. The Balaban J connectivity index is 3.95. The van der Waals surface area contributed by atoms with Gasteiger partial charge in [0.2, 0.25) is 0 Å². The summed E-state index contributed by atoms with van der Waals surface area (Å²) < 4.78 is 5.48. The monoisotopic (exact) mass is 486 g/mol. The summed E-state index contributed by atoms with van der Waals surface area (Å²) in [6.45, 7) is 5.08. The number of rotatable bonds is 23. The van der Waals surface area contributed by atoms with Crippen molar-refractivity contribution in [1.82, 2.24) is 0 Å². The fourth-order valence-corrected chi connectivity index (χ4v) is 4.22. The van der Waals surface area contributed by atoms with Gasteiger partial charge in [-0.15, -0.1) is 0 Å². The van der Waals surface area contributed by atoms with Crippen molar-refractivity contribution in [3.8, 4) is 0 Å². The van der Waals surface area contributed by atoms with Crippen molar-refractivity contribution in [2.75, 3.05) is 11.9 Å². The van der Waals surface area contributed by atoms with Crippen molar-refractivity contribution < 1.29 is 9.53 Å². The van der Waals surface area contributed by atoms with E-state index in [-0.39, 0.29) is 5.97 Å². The van der Waals surface area contributed by atoms with Crippen LogP contribution in [0.4, 0.5) is 0 Å². The van der Waals surface area contributed by atoms with Crippen LogP contribution in [0.1, 0.15) is 142 Å². The Kier molecular flexibility index (Phi) is 24.7. The molecule has 0 rings (SSSR count). The summed E-state index contributed by atoms with van der Waals surface area (Å²) >= 11 is 3.48. The van der Waals surface area contributed by atoms with Crippen LogP contribution in [-0.2, 0) is 9.53 Å². The third kappa shape index (κ3) is 22.4. The van der Waals surface area contributed by atoms with Crippen molar-refractivity contribution in [2.24, 2.45) is 0 Å². The molecule has 0 atom stereocenters. The molecule has 0 bridgehead atoms. The van der Waals surface area contributed by atoms with Gasteiger partial charge in [0.1, 0.15) is 0 Å². The van der Waals surface area contributed by atoms with E-state index in [0.717, 1.165) is 24.6 Å². The van der Waals surface area contributed by atoms with E-state index in [4.69, 9.17) is 4.74 Å². The molecule has 2 nitrogen and oxygen atoms in total. The average Bonchev–Trinajstić information content (AvgIpc) is 2.74. The minimum atomic E-state index is -0.113. The second-order valence-corrected chi connectivity index (χ2v) is 9.61. The number of ether oxygens (including phenoxy) is 1. The van der Waals surface area contributed by atoms with Crippen LogP contribution in [0.15, 0.2) is 11.6 Å². The van der Waals surface area contributed by atoms with Crippen molar-refractivity contribution >= 4 is 21.9 Å². The number of carbonyl (C=O) groups excluding carboxylic acids is 1. The molecule has 30 heavy (non-hydrogen) atoms. The molecule has 0 aromatic rings. The van der Waals surface area contributed by atoms with Gasteiger partial charge in [-0.1, -0.05) is 125 Å². The number of unbranched alkanes of at least 4 members (excludes halogenated alkanes) is 15.